The summed E-state index contributed by atoms with van der Waals surface area (Å²) in [6.45, 7) is 5.50. The molecule has 0 saturated heterocycles. The van der Waals surface area contributed by atoms with Crippen molar-refractivity contribution in [2.75, 3.05) is 0 Å². The second kappa shape index (κ2) is 5.26. The van der Waals surface area contributed by atoms with Crippen LogP contribution in [0.2, 0.25) is 0 Å². The molecular formula is C14H20O2. The van der Waals surface area contributed by atoms with Crippen LogP contribution >= 0.6 is 0 Å². The minimum absolute atomic E-state index is 0.0358. The second-order valence-electron chi connectivity index (χ2n) is 5.07. The van der Waals surface area contributed by atoms with Crippen LogP contribution in [0.4, 0.5) is 0 Å². The van der Waals surface area contributed by atoms with Gasteiger partial charge in [-0.25, -0.2) is 0 Å². The zero-order valence-electron chi connectivity index (χ0n) is 10.2. The Morgan fingerprint density at radius 1 is 1.31 bits per heavy atom. The van der Waals surface area contributed by atoms with Crippen LogP contribution in [0, 0.1) is 5.41 Å². The molecular weight excluding hydrogens is 200 g/mol. The van der Waals surface area contributed by atoms with Crippen LogP contribution in [0.25, 0.3) is 0 Å². The Kier molecular flexibility index (Phi) is 4.25. The van der Waals surface area contributed by atoms with Crippen molar-refractivity contribution in [1.29, 1.82) is 0 Å². The van der Waals surface area contributed by atoms with E-state index in [9.17, 15) is 9.90 Å². The fraction of sp³-hybridized carbons (Fsp3) is 0.500. The van der Waals surface area contributed by atoms with Crippen molar-refractivity contribution >= 4 is 5.78 Å². The van der Waals surface area contributed by atoms with Crippen LogP contribution in [0.3, 0.4) is 0 Å². The first-order valence-corrected chi connectivity index (χ1v) is 5.63. The van der Waals surface area contributed by atoms with Crippen molar-refractivity contribution in [3.8, 4) is 0 Å². The fourth-order valence-electron chi connectivity index (χ4n) is 1.79. The Labute approximate surface area is 97.3 Å². The van der Waals surface area contributed by atoms with E-state index in [2.05, 4.69) is 0 Å². The average molecular weight is 220 g/mol. The highest BCUT2D eigenvalue weighted by atomic mass is 16.3. The number of aliphatic hydroxyl groups is 1. The van der Waals surface area contributed by atoms with Crippen LogP contribution in [-0.4, -0.2) is 17.0 Å². The lowest BCUT2D eigenvalue weighted by Gasteiger charge is -2.30. The van der Waals surface area contributed by atoms with Crippen molar-refractivity contribution in [2.45, 2.75) is 39.7 Å². The maximum atomic E-state index is 11.0. The number of aliphatic hydroxyl groups excluding tert-OH is 1. The van der Waals surface area contributed by atoms with Crippen LogP contribution in [0.5, 0.6) is 0 Å². The summed E-state index contributed by atoms with van der Waals surface area (Å²) in [6, 6.07) is 10.0. The Bertz CT molecular complexity index is 341. The van der Waals surface area contributed by atoms with Gasteiger partial charge in [0.05, 0.1) is 6.10 Å². The molecule has 0 aliphatic carbocycles. The van der Waals surface area contributed by atoms with Crippen LogP contribution in [-0.2, 0) is 11.2 Å². The van der Waals surface area contributed by atoms with Gasteiger partial charge in [0.1, 0.15) is 5.78 Å². The first-order chi connectivity index (χ1) is 7.42. The number of Topliss-reactive ketones (excluding diaryl/α,β-unsaturated/α-hetero) is 1. The first-order valence-electron chi connectivity index (χ1n) is 5.63. The lowest BCUT2D eigenvalue weighted by Crippen LogP contribution is -2.33. The van der Waals surface area contributed by atoms with Gasteiger partial charge in [-0.05, 0) is 24.3 Å². The lowest BCUT2D eigenvalue weighted by atomic mass is 9.79. The van der Waals surface area contributed by atoms with E-state index in [0.717, 1.165) is 6.42 Å². The van der Waals surface area contributed by atoms with Crippen molar-refractivity contribution in [2.24, 2.45) is 5.41 Å². The zero-order chi connectivity index (χ0) is 12.2. The third kappa shape index (κ3) is 3.78. The Morgan fingerprint density at radius 2 is 1.88 bits per heavy atom. The van der Waals surface area contributed by atoms with Gasteiger partial charge < -0.3 is 5.11 Å². The van der Waals surface area contributed by atoms with Crippen molar-refractivity contribution in [3.63, 3.8) is 0 Å². The number of hydrogen-bond acceptors (Lipinski definition) is 2. The van der Waals surface area contributed by atoms with Gasteiger partial charge in [0.2, 0.25) is 0 Å². The van der Waals surface area contributed by atoms with Gasteiger partial charge in [-0.3, -0.25) is 4.79 Å². The van der Waals surface area contributed by atoms with E-state index in [1.54, 1.807) is 0 Å². The SMILES string of the molecule is CC(=O)C[C@H](O)C(C)(C)Cc1ccccc1. The number of hydrogen-bond donors (Lipinski definition) is 1. The molecule has 0 spiro atoms. The molecule has 1 rings (SSSR count). The van der Waals surface area contributed by atoms with E-state index < -0.39 is 6.10 Å². The predicted molar refractivity (Wildman–Crippen MR) is 65.2 cm³/mol. The van der Waals surface area contributed by atoms with E-state index in [4.69, 9.17) is 0 Å². The van der Waals surface area contributed by atoms with Crippen molar-refractivity contribution < 1.29 is 9.90 Å². The summed E-state index contributed by atoms with van der Waals surface area (Å²) in [7, 11) is 0. The maximum Gasteiger partial charge on any atom is 0.132 e. The van der Waals surface area contributed by atoms with Crippen molar-refractivity contribution in [3.05, 3.63) is 35.9 Å². The molecule has 1 N–H and O–H groups in total. The highest BCUT2D eigenvalue weighted by Crippen LogP contribution is 2.28. The highest BCUT2D eigenvalue weighted by molar-refractivity contribution is 5.76. The van der Waals surface area contributed by atoms with Crippen molar-refractivity contribution in [1.82, 2.24) is 0 Å². The van der Waals surface area contributed by atoms with E-state index >= 15 is 0 Å². The maximum absolute atomic E-state index is 11.0. The van der Waals surface area contributed by atoms with Gasteiger partial charge in [0.15, 0.2) is 0 Å². The summed E-state index contributed by atoms with van der Waals surface area (Å²) < 4.78 is 0. The summed E-state index contributed by atoms with van der Waals surface area (Å²) in [5.74, 6) is 0.0358. The van der Waals surface area contributed by atoms with Gasteiger partial charge in [-0.15, -0.1) is 0 Å². The van der Waals surface area contributed by atoms with Gasteiger partial charge in [0.25, 0.3) is 0 Å². The van der Waals surface area contributed by atoms with Gasteiger partial charge in [-0.1, -0.05) is 44.2 Å². The highest BCUT2D eigenvalue weighted by Gasteiger charge is 2.28. The largest absolute Gasteiger partial charge is 0.392 e. The quantitative estimate of drug-likeness (QED) is 0.828. The topological polar surface area (TPSA) is 37.3 Å². The molecule has 0 amide bonds. The second-order valence-corrected chi connectivity index (χ2v) is 5.07. The van der Waals surface area contributed by atoms with Gasteiger partial charge in [0, 0.05) is 6.42 Å². The number of ketones is 1. The summed E-state index contributed by atoms with van der Waals surface area (Å²) in [6.07, 6.45) is 0.437. The van der Waals surface area contributed by atoms with Crippen LogP contribution in [0.15, 0.2) is 30.3 Å². The molecule has 0 aliphatic rings. The van der Waals surface area contributed by atoms with E-state index in [0.29, 0.717) is 0 Å². The summed E-state index contributed by atoms with van der Waals surface area (Å²) in [4.78, 5) is 11.0. The Balaban J connectivity index is 2.67. The summed E-state index contributed by atoms with van der Waals surface area (Å²) >= 11 is 0. The van der Waals surface area contributed by atoms with Crippen LogP contribution in [0.1, 0.15) is 32.8 Å². The van der Waals surface area contributed by atoms with E-state index in [-0.39, 0.29) is 17.6 Å². The minimum atomic E-state index is -0.579. The number of carbonyl (C=O) groups is 1. The summed E-state index contributed by atoms with van der Waals surface area (Å²) in [5.41, 5.74) is 0.919. The predicted octanol–water partition coefficient (Wildman–Crippen LogP) is 2.60. The normalized spacial score (nSPS) is 13.5. The molecule has 16 heavy (non-hydrogen) atoms. The molecule has 0 radical (unpaired) electrons. The molecule has 0 heterocycles. The van der Waals surface area contributed by atoms with E-state index in [1.165, 1.54) is 12.5 Å². The average Bonchev–Trinajstić information content (AvgIpc) is 2.17. The molecule has 0 fully saturated rings. The molecule has 1 aromatic rings. The molecule has 0 aromatic heterocycles. The van der Waals surface area contributed by atoms with E-state index in [1.807, 2.05) is 44.2 Å². The Morgan fingerprint density at radius 3 is 2.38 bits per heavy atom. The molecule has 0 aliphatic heterocycles. The molecule has 1 atom stereocenters. The van der Waals surface area contributed by atoms with Crippen LogP contribution < -0.4 is 0 Å². The third-order valence-corrected chi connectivity index (χ3v) is 2.89. The Hall–Kier alpha value is -1.15. The van der Waals surface area contributed by atoms with Gasteiger partial charge >= 0.3 is 0 Å². The smallest absolute Gasteiger partial charge is 0.132 e. The fourth-order valence-corrected chi connectivity index (χ4v) is 1.79. The zero-order valence-corrected chi connectivity index (χ0v) is 10.2. The molecule has 2 heteroatoms. The third-order valence-electron chi connectivity index (χ3n) is 2.89. The molecule has 88 valence electrons. The van der Waals surface area contributed by atoms with Gasteiger partial charge in [-0.2, -0.15) is 0 Å². The minimum Gasteiger partial charge on any atom is -0.392 e. The molecule has 0 unspecified atom stereocenters. The molecule has 0 saturated carbocycles. The monoisotopic (exact) mass is 220 g/mol. The number of carbonyl (C=O) groups excluding carboxylic acids is 1. The first kappa shape index (κ1) is 12.9. The number of benzene rings is 1. The summed E-state index contributed by atoms with van der Waals surface area (Å²) in [5, 5.41) is 9.99. The lowest BCUT2D eigenvalue weighted by molar-refractivity contribution is -0.120. The standard InChI is InChI=1S/C14H20O2/c1-11(15)9-13(16)14(2,3)10-12-7-5-4-6-8-12/h4-8,13,16H,9-10H2,1-3H3/t13-/m0/s1. The molecule has 2 nitrogen and oxygen atoms in total. The molecule has 0 bridgehead atoms. The number of rotatable bonds is 5. The molecule has 1 aromatic carbocycles.